The number of fused-ring (bicyclic) bond motifs is 1. The number of aryl methyl sites for hydroxylation is 1. The van der Waals surface area contributed by atoms with Gasteiger partial charge in [-0.15, -0.1) is 0 Å². The topological polar surface area (TPSA) is 101 Å². The highest BCUT2D eigenvalue weighted by atomic mass is 16.5. The van der Waals surface area contributed by atoms with Crippen molar-refractivity contribution in [2.45, 2.75) is 0 Å². The SMILES string of the molecule is Cn1ccc2ncnc(Oc3ccc(NC(=O)Nc4ccccc4O)cc3)c21. The molecular weight excluding hydrogens is 358 g/mol. The minimum Gasteiger partial charge on any atom is -0.506 e. The maximum absolute atomic E-state index is 12.1. The second-order valence-corrected chi connectivity index (χ2v) is 6.06. The molecule has 0 aliphatic heterocycles. The minimum atomic E-state index is -0.462. The summed E-state index contributed by atoms with van der Waals surface area (Å²) in [7, 11) is 1.90. The van der Waals surface area contributed by atoms with Crippen molar-refractivity contribution >= 4 is 28.4 Å². The van der Waals surface area contributed by atoms with Crippen molar-refractivity contribution in [2.24, 2.45) is 7.05 Å². The number of rotatable bonds is 4. The summed E-state index contributed by atoms with van der Waals surface area (Å²) in [4.78, 5) is 20.5. The average Bonchev–Trinajstić information content (AvgIpc) is 3.07. The number of para-hydroxylation sites is 2. The lowest BCUT2D eigenvalue weighted by Gasteiger charge is -2.10. The number of carbonyl (C=O) groups excluding carboxylic acids is 1. The Kier molecular flexibility index (Phi) is 4.51. The first-order valence-electron chi connectivity index (χ1n) is 8.50. The molecule has 2 aromatic carbocycles. The number of urea groups is 1. The van der Waals surface area contributed by atoms with Crippen LogP contribution in [0.3, 0.4) is 0 Å². The summed E-state index contributed by atoms with van der Waals surface area (Å²) in [6, 6.07) is 14.8. The number of nitrogens with zero attached hydrogens (tertiary/aromatic N) is 3. The van der Waals surface area contributed by atoms with E-state index in [-0.39, 0.29) is 5.75 Å². The van der Waals surface area contributed by atoms with Crippen molar-refractivity contribution in [1.29, 1.82) is 0 Å². The highest BCUT2D eigenvalue weighted by Crippen LogP contribution is 2.28. The number of aromatic hydroxyl groups is 1. The van der Waals surface area contributed by atoms with Crippen LogP contribution in [-0.2, 0) is 7.05 Å². The van der Waals surface area contributed by atoms with Crippen LogP contribution in [0, 0.1) is 0 Å². The molecule has 0 aliphatic rings. The van der Waals surface area contributed by atoms with Crippen molar-refractivity contribution in [3.05, 3.63) is 67.1 Å². The normalized spacial score (nSPS) is 10.6. The van der Waals surface area contributed by atoms with E-state index < -0.39 is 6.03 Å². The summed E-state index contributed by atoms with van der Waals surface area (Å²) >= 11 is 0. The van der Waals surface area contributed by atoms with Crippen LogP contribution in [0.4, 0.5) is 16.2 Å². The van der Waals surface area contributed by atoms with Gasteiger partial charge in [-0.3, -0.25) is 0 Å². The highest BCUT2D eigenvalue weighted by molar-refractivity contribution is 6.00. The number of carbonyl (C=O) groups is 1. The molecule has 2 amide bonds. The van der Waals surface area contributed by atoms with Crippen LogP contribution in [0.1, 0.15) is 0 Å². The molecule has 0 aliphatic carbocycles. The van der Waals surface area contributed by atoms with Gasteiger partial charge >= 0.3 is 6.03 Å². The van der Waals surface area contributed by atoms with Crippen LogP contribution < -0.4 is 15.4 Å². The van der Waals surface area contributed by atoms with Gasteiger partial charge in [-0.05, 0) is 42.5 Å². The minimum absolute atomic E-state index is 0.00163. The van der Waals surface area contributed by atoms with E-state index in [1.807, 2.05) is 23.9 Å². The number of amides is 2. The quantitative estimate of drug-likeness (QED) is 0.466. The van der Waals surface area contributed by atoms with Crippen molar-refractivity contribution in [1.82, 2.24) is 14.5 Å². The molecule has 3 N–H and O–H groups in total. The first-order chi connectivity index (χ1) is 13.6. The van der Waals surface area contributed by atoms with E-state index in [9.17, 15) is 9.90 Å². The van der Waals surface area contributed by atoms with Crippen LogP contribution >= 0.6 is 0 Å². The predicted molar refractivity (Wildman–Crippen MR) is 106 cm³/mol. The number of nitrogens with one attached hydrogen (secondary N) is 2. The number of phenolic OH excluding ortho intramolecular Hbond substituents is 1. The van der Waals surface area contributed by atoms with Gasteiger partial charge in [0.05, 0.1) is 11.2 Å². The zero-order valence-corrected chi connectivity index (χ0v) is 15.0. The van der Waals surface area contributed by atoms with Crippen molar-refractivity contribution in [3.63, 3.8) is 0 Å². The molecule has 28 heavy (non-hydrogen) atoms. The molecule has 0 bridgehead atoms. The second-order valence-electron chi connectivity index (χ2n) is 6.06. The third-order valence-corrected chi connectivity index (χ3v) is 4.10. The number of benzene rings is 2. The first-order valence-corrected chi connectivity index (χ1v) is 8.50. The Morgan fingerprint density at radius 1 is 1.04 bits per heavy atom. The van der Waals surface area contributed by atoms with Gasteiger partial charge in [-0.1, -0.05) is 12.1 Å². The molecule has 140 valence electrons. The number of aromatic nitrogens is 3. The lowest BCUT2D eigenvalue weighted by molar-refractivity contribution is 0.262. The van der Waals surface area contributed by atoms with E-state index in [0.29, 0.717) is 23.0 Å². The number of ether oxygens (including phenoxy) is 1. The second kappa shape index (κ2) is 7.28. The number of phenols is 1. The maximum Gasteiger partial charge on any atom is 0.323 e. The predicted octanol–water partition coefficient (Wildman–Crippen LogP) is 4.11. The summed E-state index contributed by atoms with van der Waals surface area (Å²) < 4.78 is 7.76. The van der Waals surface area contributed by atoms with Gasteiger partial charge in [0.2, 0.25) is 5.88 Å². The Hall–Kier alpha value is -4.07. The van der Waals surface area contributed by atoms with Gasteiger partial charge in [0.1, 0.15) is 23.3 Å². The van der Waals surface area contributed by atoms with Crippen LogP contribution in [0.5, 0.6) is 17.4 Å². The van der Waals surface area contributed by atoms with Gasteiger partial charge in [0.15, 0.2) is 0 Å². The average molecular weight is 375 g/mol. The summed E-state index contributed by atoms with van der Waals surface area (Å²) in [5, 5.41) is 15.0. The molecule has 2 aromatic heterocycles. The van der Waals surface area contributed by atoms with Crippen LogP contribution in [-0.4, -0.2) is 25.7 Å². The summed E-state index contributed by atoms with van der Waals surface area (Å²) in [5.74, 6) is 1.03. The molecule has 0 radical (unpaired) electrons. The highest BCUT2D eigenvalue weighted by Gasteiger charge is 2.10. The van der Waals surface area contributed by atoms with E-state index in [0.717, 1.165) is 11.0 Å². The third kappa shape index (κ3) is 3.56. The smallest absolute Gasteiger partial charge is 0.323 e. The fourth-order valence-electron chi connectivity index (χ4n) is 2.74. The lowest BCUT2D eigenvalue weighted by Crippen LogP contribution is -2.19. The van der Waals surface area contributed by atoms with Crippen LogP contribution in [0.2, 0.25) is 0 Å². The zero-order valence-electron chi connectivity index (χ0n) is 15.0. The van der Waals surface area contributed by atoms with E-state index >= 15 is 0 Å². The van der Waals surface area contributed by atoms with Gasteiger partial charge in [-0.25, -0.2) is 9.78 Å². The Balaban J connectivity index is 1.44. The van der Waals surface area contributed by atoms with Crippen LogP contribution in [0.15, 0.2) is 67.1 Å². The molecular formula is C20H17N5O3. The fraction of sp³-hybridized carbons (Fsp3) is 0.0500. The largest absolute Gasteiger partial charge is 0.506 e. The Morgan fingerprint density at radius 2 is 1.82 bits per heavy atom. The molecule has 8 heteroatoms. The van der Waals surface area contributed by atoms with Gasteiger partial charge in [-0.2, -0.15) is 4.98 Å². The van der Waals surface area contributed by atoms with E-state index in [2.05, 4.69) is 20.6 Å². The third-order valence-electron chi connectivity index (χ3n) is 4.10. The van der Waals surface area contributed by atoms with E-state index in [4.69, 9.17) is 4.74 Å². The van der Waals surface area contributed by atoms with Crippen molar-refractivity contribution < 1.29 is 14.6 Å². The number of hydrogen-bond donors (Lipinski definition) is 3. The number of hydrogen-bond acceptors (Lipinski definition) is 5. The zero-order chi connectivity index (χ0) is 19.5. The standard InChI is InChI=1S/C20H17N5O3/c1-25-11-10-16-18(25)19(22-12-21-16)28-14-8-6-13(7-9-14)23-20(27)24-15-4-2-3-5-17(15)26/h2-12,26H,1H3,(H2,23,24,27). The first kappa shape index (κ1) is 17.3. The molecule has 0 saturated heterocycles. The van der Waals surface area contributed by atoms with E-state index in [1.165, 1.54) is 12.4 Å². The fourth-order valence-corrected chi connectivity index (χ4v) is 2.74. The lowest BCUT2D eigenvalue weighted by atomic mass is 10.3. The number of anilines is 2. The molecule has 4 aromatic rings. The van der Waals surface area contributed by atoms with Crippen molar-refractivity contribution in [3.8, 4) is 17.4 Å². The van der Waals surface area contributed by atoms with Gasteiger partial charge in [0.25, 0.3) is 0 Å². The monoisotopic (exact) mass is 375 g/mol. The summed E-state index contributed by atoms with van der Waals surface area (Å²) in [6.07, 6.45) is 3.35. The molecule has 2 heterocycles. The Morgan fingerprint density at radius 3 is 2.61 bits per heavy atom. The molecule has 0 fully saturated rings. The summed E-state index contributed by atoms with van der Waals surface area (Å²) in [6.45, 7) is 0. The Bertz CT molecular complexity index is 1140. The maximum atomic E-state index is 12.1. The molecule has 8 nitrogen and oxygen atoms in total. The van der Waals surface area contributed by atoms with Gasteiger partial charge < -0.3 is 25.0 Å². The Labute approximate surface area is 160 Å². The van der Waals surface area contributed by atoms with Gasteiger partial charge in [0, 0.05) is 18.9 Å². The molecule has 0 atom stereocenters. The molecule has 0 spiro atoms. The van der Waals surface area contributed by atoms with E-state index in [1.54, 1.807) is 42.5 Å². The van der Waals surface area contributed by atoms with Crippen LogP contribution in [0.25, 0.3) is 11.0 Å². The molecule has 0 unspecified atom stereocenters. The molecule has 0 saturated carbocycles. The molecule has 4 rings (SSSR count). The van der Waals surface area contributed by atoms with Crippen molar-refractivity contribution in [2.75, 3.05) is 10.6 Å². The summed E-state index contributed by atoms with van der Waals surface area (Å²) in [5.41, 5.74) is 2.50.